The molecule has 0 aromatic heterocycles. The van der Waals surface area contributed by atoms with Crippen LogP contribution in [0.2, 0.25) is 0 Å². The van der Waals surface area contributed by atoms with Crippen LogP contribution in [0.15, 0.2) is 72.4 Å². The van der Waals surface area contributed by atoms with Crippen molar-refractivity contribution in [3.05, 3.63) is 42.1 Å². The van der Waals surface area contributed by atoms with E-state index < -0.39 is 46.9 Å². The second kappa shape index (κ2) is 8.39. The molecule has 11 nitrogen and oxygen atoms in total. The summed E-state index contributed by atoms with van der Waals surface area (Å²) >= 11 is 0. The maximum Gasteiger partial charge on any atom is 0.296 e. The minimum atomic E-state index is -5.00. The van der Waals surface area contributed by atoms with Crippen LogP contribution in [0.4, 0.5) is 11.4 Å². The predicted molar refractivity (Wildman–Crippen MR) is 109 cm³/mol. The SMILES string of the molecule is C=C(N=Nc1c(S(=O)(=O)O)cc2c(S(=O)(=O)O)ccc(N=NC)c2c1O)/C(C)=C/C. The molecule has 2 rings (SSSR count). The zero-order chi connectivity index (χ0) is 22.9. The molecule has 0 saturated carbocycles. The number of hydrogen-bond donors (Lipinski definition) is 3. The van der Waals surface area contributed by atoms with Gasteiger partial charge in [0.15, 0.2) is 5.75 Å². The van der Waals surface area contributed by atoms with Gasteiger partial charge in [-0.1, -0.05) is 12.7 Å². The number of hydrogen-bond acceptors (Lipinski definition) is 9. The fraction of sp³-hybridized carbons (Fsp3) is 0.176. The number of phenolic OH excluding ortho intramolecular Hbond substituents is 1. The predicted octanol–water partition coefficient (Wildman–Crippen LogP) is 4.32. The van der Waals surface area contributed by atoms with Crippen molar-refractivity contribution in [2.75, 3.05) is 7.05 Å². The van der Waals surface area contributed by atoms with Gasteiger partial charge in [0.2, 0.25) is 0 Å². The van der Waals surface area contributed by atoms with Gasteiger partial charge in [-0.15, -0.1) is 5.11 Å². The number of aromatic hydroxyl groups is 1. The van der Waals surface area contributed by atoms with Gasteiger partial charge in [-0.3, -0.25) is 9.11 Å². The molecule has 0 unspecified atom stereocenters. The van der Waals surface area contributed by atoms with E-state index in [1.807, 2.05) is 0 Å². The van der Waals surface area contributed by atoms with Gasteiger partial charge in [0.25, 0.3) is 20.2 Å². The van der Waals surface area contributed by atoms with Gasteiger partial charge in [0.05, 0.1) is 16.8 Å². The van der Waals surface area contributed by atoms with Crippen molar-refractivity contribution in [2.45, 2.75) is 23.6 Å². The van der Waals surface area contributed by atoms with E-state index in [0.29, 0.717) is 5.57 Å². The van der Waals surface area contributed by atoms with Crippen molar-refractivity contribution in [2.24, 2.45) is 20.5 Å². The first kappa shape index (κ1) is 23.3. The van der Waals surface area contributed by atoms with Crippen molar-refractivity contribution in [1.29, 1.82) is 0 Å². The largest absolute Gasteiger partial charge is 0.505 e. The zero-order valence-electron chi connectivity index (χ0n) is 16.1. The highest BCUT2D eigenvalue weighted by Crippen LogP contribution is 2.46. The van der Waals surface area contributed by atoms with Gasteiger partial charge in [0.1, 0.15) is 15.5 Å². The maximum absolute atomic E-state index is 11.9. The molecule has 3 N–H and O–H groups in total. The third-order valence-corrected chi connectivity index (χ3v) is 5.85. The Hall–Kier alpha value is -3.00. The lowest BCUT2D eigenvalue weighted by Gasteiger charge is -2.12. The average Bonchev–Trinajstić information content (AvgIpc) is 2.64. The second-order valence-electron chi connectivity index (χ2n) is 5.95. The van der Waals surface area contributed by atoms with Crippen LogP contribution in [0.3, 0.4) is 0 Å². The molecule has 0 atom stereocenters. The maximum atomic E-state index is 11.9. The minimum absolute atomic E-state index is 0.0424. The molecule has 0 aliphatic rings. The van der Waals surface area contributed by atoms with Gasteiger partial charge in [-0.05, 0) is 37.6 Å². The first-order valence-corrected chi connectivity index (χ1v) is 11.0. The van der Waals surface area contributed by atoms with E-state index in [4.69, 9.17) is 0 Å². The average molecular weight is 454 g/mol. The summed E-state index contributed by atoms with van der Waals surface area (Å²) in [6.07, 6.45) is 1.67. The first-order chi connectivity index (χ1) is 13.8. The molecule has 0 aliphatic heterocycles. The monoisotopic (exact) mass is 454 g/mol. The van der Waals surface area contributed by atoms with Crippen LogP contribution >= 0.6 is 0 Å². The van der Waals surface area contributed by atoms with E-state index >= 15 is 0 Å². The summed E-state index contributed by atoms with van der Waals surface area (Å²) in [6.45, 7) is 7.03. The standard InChI is InChI=1S/C17H18N4O7S2/c1-5-9(2)10(3)19-21-16-14(30(26,27)28)8-11-13(29(23,24)25)7-6-12(20-18-4)15(11)17(16)22/h5-8,22H,3H2,1-2,4H3,(H,23,24,25)(H,26,27,28)/b9-5+,20-18?,21-19?. The first-order valence-electron chi connectivity index (χ1n) is 8.14. The number of azo groups is 2. The highest BCUT2D eigenvalue weighted by Gasteiger charge is 2.27. The zero-order valence-corrected chi connectivity index (χ0v) is 17.7. The molecule has 0 radical (unpaired) electrons. The van der Waals surface area contributed by atoms with Crippen LogP contribution in [-0.4, -0.2) is 38.1 Å². The molecular weight excluding hydrogens is 436 g/mol. The molecule has 0 amide bonds. The van der Waals surface area contributed by atoms with E-state index in [1.165, 1.54) is 7.05 Å². The second-order valence-corrected chi connectivity index (χ2v) is 8.73. The third-order valence-electron chi connectivity index (χ3n) is 4.08. The Balaban J connectivity index is 3.08. The van der Waals surface area contributed by atoms with Crippen LogP contribution < -0.4 is 0 Å². The van der Waals surface area contributed by atoms with Crippen LogP contribution in [0.5, 0.6) is 5.75 Å². The molecule has 0 saturated heterocycles. The van der Waals surface area contributed by atoms with Crippen LogP contribution in [0.1, 0.15) is 13.8 Å². The Morgan fingerprint density at radius 1 is 1.07 bits per heavy atom. The highest BCUT2D eigenvalue weighted by atomic mass is 32.2. The lowest BCUT2D eigenvalue weighted by atomic mass is 10.1. The Kier molecular flexibility index (Phi) is 6.51. The van der Waals surface area contributed by atoms with Crippen molar-refractivity contribution in [3.8, 4) is 5.75 Å². The summed E-state index contributed by atoms with van der Waals surface area (Å²) < 4.78 is 66.4. The van der Waals surface area contributed by atoms with Crippen LogP contribution in [-0.2, 0) is 20.2 Å². The normalized spacial score (nSPS) is 13.6. The van der Waals surface area contributed by atoms with E-state index in [0.717, 1.165) is 18.2 Å². The van der Waals surface area contributed by atoms with E-state index in [9.17, 15) is 31.0 Å². The lowest BCUT2D eigenvalue weighted by molar-refractivity contribution is 0.471. The van der Waals surface area contributed by atoms with Gasteiger partial charge < -0.3 is 5.11 Å². The highest BCUT2D eigenvalue weighted by molar-refractivity contribution is 7.86. The number of phenols is 1. The molecule has 0 aliphatic carbocycles. The van der Waals surface area contributed by atoms with E-state index in [-0.39, 0.29) is 16.8 Å². The van der Waals surface area contributed by atoms with Crippen LogP contribution in [0.25, 0.3) is 10.8 Å². The van der Waals surface area contributed by atoms with Gasteiger partial charge in [0, 0.05) is 12.4 Å². The molecule has 0 fully saturated rings. The van der Waals surface area contributed by atoms with E-state index in [2.05, 4.69) is 27.0 Å². The summed E-state index contributed by atoms with van der Waals surface area (Å²) in [5.74, 6) is -0.845. The molecule has 2 aromatic carbocycles. The number of fused-ring (bicyclic) bond motifs is 1. The van der Waals surface area contributed by atoms with Crippen molar-refractivity contribution in [1.82, 2.24) is 0 Å². The molecule has 2 aromatic rings. The fourth-order valence-electron chi connectivity index (χ4n) is 2.48. The number of allylic oxidation sites excluding steroid dienone is 2. The summed E-state index contributed by atoms with van der Waals surface area (Å²) in [5, 5.41) is 24.8. The van der Waals surface area contributed by atoms with E-state index in [1.54, 1.807) is 19.9 Å². The number of rotatable bonds is 6. The Bertz CT molecular complexity index is 1340. The van der Waals surface area contributed by atoms with Gasteiger partial charge in [-0.2, -0.15) is 32.2 Å². The molecule has 0 spiro atoms. The van der Waals surface area contributed by atoms with Gasteiger partial charge in [-0.25, -0.2) is 0 Å². The Morgan fingerprint density at radius 3 is 2.17 bits per heavy atom. The molecule has 30 heavy (non-hydrogen) atoms. The smallest absolute Gasteiger partial charge is 0.296 e. The summed E-state index contributed by atoms with van der Waals surface area (Å²) in [5.41, 5.74) is 0.0503. The molecule has 13 heteroatoms. The topological polar surface area (TPSA) is 178 Å². The van der Waals surface area contributed by atoms with Crippen molar-refractivity contribution in [3.63, 3.8) is 0 Å². The summed E-state index contributed by atoms with van der Waals surface area (Å²) in [7, 11) is -8.51. The lowest BCUT2D eigenvalue weighted by Crippen LogP contribution is -2.03. The van der Waals surface area contributed by atoms with Crippen molar-refractivity contribution < 1.29 is 31.0 Å². The Morgan fingerprint density at radius 2 is 1.67 bits per heavy atom. The number of benzene rings is 2. The minimum Gasteiger partial charge on any atom is -0.505 e. The summed E-state index contributed by atoms with van der Waals surface area (Å²) in [4.78, 5) is -1.65. The molecule has 160 valence electrons. The molecule has 0 bridgehead atoms. The fourth-order valence-corrected chi connectivity index (χ4v) is 3.81. The third kappa shape index (κ3) is 4.59. The molecular formula is C17H18N4O7S2. The number of nitrogens with zero attached hydrogens (tertiary/aromatic N) is 4. The van der Waals surface area contributed by atoms with Crippen molar-refractivity contribution >= 4 is 42.4 Å². The quantitative estimate of drug-likeness (QED) is 0.330. The van der Waals surface area contributed by atoms with Crippen LogP contribution in [0, 0.1) is 0 Å². The molecule has 0 heterocycles. The summed E-state index contributed by atoms with van der Waals surface area (Å²) in [6, 6.07) is 2.84. The van der Waals surface area contributed by atoms with Gasteiger partial charge >= 0.3 is 0 Å². The Labute approximate surface area is 172 Å².